The molecule has 4 aliphatic carbocycles. The van der Waals surface area contributed by atoms with Gasteiger partial charge in [-0.2, -0.15) is 0 Å². The smallest absolute Gasteiger partial charge is 0.329 e. The number of nitrogens with two attached hydrogens (primary N) is 1. The minimum Gasteiger partial charge on any atom is -0.461 e. The summed E-state index contributed by atoms with van der Waals surface area (Å²) >= 11 is 0. The normalized spacial score (nSPS) is 42.2. The molecule has 9 atom stereocenters. The lowest BCUT2D eigenvalue weighted by Gasteiger charge is -2.61. The first kappa shape index (κ1) is 25.7. The van der Waals surface area contributed by atoms with Crippen molar-refractivity contribution in [2.45, 2.75) is 105 Å². The van der Waals surface area contributed by atoms with Crippen molar-refractivity contribution >= 4 is 17.7 Å². The monoisotopic (exact) mass is 474 g/mol. The Kier molecular flexibility index (Phi) is 7.21. The van der Waals surface area contributed by atoms with E-state index in [-0.39, 0.29) is 41.8 Å². The van der Waals surface area contributed by atoms with Gasteiger partial charge in [0.05, 0.1) is 6.54 Å². The minimum absolute atomic E-state index is 0.0471. The first-order valence-corrected chi connectivity index (χ1v) is 13.7. The van der Waals surface area contributed by atoms with Crippen LogP contribution in [0.2, 0.25) is 0 Å². The number of esters is 1. The van der Waals surface area contributed by atoms with Crippen LogP contribution in [0.15, 0.2) is 0 Å². The van der Waals surface area contributed by atoms with Crippen LogP contribution in [-0.2, 0) is 19.1 Å². The molecule has 6 nitrogen and oxygen atoms in total. The van der Waals surface area contributed by atoms with Crippen molar-refractivity contribution in [2.75, 3.05) is 6.54 Å². The van der Waals surface area contributed by atoms with Gasteiger partial charge in [-0.3, -0.25) is 9.59 Å². The summed E-state index contributed by atoms with van der Waals surface area (Å²) in [5.74, 6) is 2.67. The number of amides is 1. The molecule has 4 aliphatic rings. The molecule has 0 spiro atoms. The molecule has 0 aromatic carbocycles. The highest BCUT2D eigenvalue weighted by Crippen LogP contribution is 2.67. The number of hydrogen-bond donors (Lipinski definition) is 2. The van der Waals surface area contributed by atoms with Crippen molar-refractivity contribution in [2.24, 2.45) is 52.1 Å². The summed E-state index contributed by atoms with van der Waals surface area (Å²) in [6, 6.07) is -0.646. The maximum atomic E-state index is 12.9. The maximum Gasteiger partial charge on any atom is 0.329 e. The van der Waals surface area contributed by atoms with Crippen LogP contribution in [0.3, 0.4) is 0 Å². The third-order valence-electron chi connectivity index (χ3n) is 10.8. The number of rotatable bonds is 6. The van der Waals surface area contributed by atoms with E-state index in [4.69, 9.17) is 10.5 Å². The van der Waals surface area contributed by atoms with Crippen LogP contribution < -0.4 is 11.1 Å². The lowest BCUT2D eigenvalue weighted by atomic mass is 9.44. The Hall–Kier alpha value is -1.43. The van der Waals surface area contributed by atoms with Gasteiger partial charge >= 0.3 is 5.97 Å². The molecule has 0 heterocycles. The predicted molar refractivity (Wildman–Crippen MR) is 132 cm³/mol. The van der Waals surface area contributed by atoms with Crippen molar-refractivity contribution in [3.8, 4) is 0 Å². The Morgan fingerprint density at radius 1 is 0.971 bits per heavy atom. The van der Waals surface area contributed by atoms with E-state index in [1.54, 1.807) is 6.92 Å². The van der Waals surface area contributed by atoms with E-state index >= 15 is 0 Å². The Labute approximate surface area is 205 Å². The first-order chi connectivity index (χ1) is 16.0. The van der Waals surface area contributed by atoms with E-state index in [1.165, 1.54) is 32.1 Å². The highest BCUT2D eigenvalue weighted by Gasteiger charge is 2.61. The molecule has 34 heavy (non-hydrogen) atoms. The van der Waals surface area contributed by atoms with Crippen LogP contribution in [0.25, 0.3) is 0 Å². The van der Waals surface area contributed by atoms with Crippen molar-refractivity contribution < 1.29 is 19.1 Å². The van der Waals surface area contributed by atoms with Gasteiger partial charge in [0.2, 0.25) is 5.91 Å². The predicted octanol–water partition coefficient (Wildman–Crippen LogP) is 4.25. The number of hydrogen-bond acceptors (Lipinski definition) is 5. The van der Waals surface area contributed by atoms with Crippen molar-refractivity contribution in [1.82, 2.24) is 5.32 Å². The standard InChI is InChI=1S/C28H46N2O4/c1-16(2)25(30-24(32)15-29)26(33)34-19-10-12-27(4)18(14-19)6-7-20-22-9-8-21(17(3)31)28(22,5)13-11-23(20)27/h16,18-23,25H,6-15,29H2,1-5H3,(H,30,32)/t18-,19+,20-,21+,22-,23-,25?,27-,28+/m0/s1. The number of Topliss-reactive ketones (excluding diaryl/α,β-unsaturated/α-hetero) is 1. The Bertz CT molecular complexity index is 812. The lowest BCUT2D eigenvalue weighted by Crippen LogP contribution is -2.55. The molecule has 4 rings (SSSR count). The average Bonchev–Trinajstić information content (AvgIpc) is 3.14. The minimum atomic E-state index is -0.646. The molecule has 6 heteroatoms. The van der Waals surface area contributed by atoms with Crippen molar-refractivity contribution in [1.29, 1.82) is 0 Å². The number of carbonyl (C=O) groups excluding carboxylic acids is 3. The summed E-state index contributed by atoms with van der Waals surface area (Å²) in [4.78, 5) is 37.1. The van der Waals surface area contributed by atoms with E-state index in [0.29, 0.717) is 23.0 Å². The molecule has 4 fully saturated rings. The number of ether oxygens (including phenoxy) is 1. The molecule has 0 aliphatic heterocycles. The van der Waals surface area contributed by atoms with Gasteiger partial charge in [0, 0.05) is 5.92 Å². The summed E-state index contributed by atoms with van der Waals surface area (Å²) in [7, 11) is 0. The Balaban J connectivity index is 1.42. The summed E-state index contributed by atoms with van der Waals surface area (Å²) in [5, 5.41) is 2.73. The zero-order valence-electron chi connectivity index (χ0n) is 21.9. The van der Waals surface area contributed by atoms with Crippen LogP contribution in [0.5, 0.6) is 0 Å². The van der Waals surface area contributed by atoms with Crippen molar-refractivity contribution in [3.05, 3.63) is 0 Å². The first-order valence-electron chi connectivity index (χ1n) is 13.7. The fourth-order valence-electron chi connectivity index (χ4n) is 8.96. The number of nitrogens with one attached hydrogen (secondary N) is 1. The molecule has 0 aromatic rings. The SMILES string of the molecule is CC(=O)[C@H]1CC[C@H]2[C@@H]3CC[C@H]4C[C@H](OC(=O)C(NC(=O)CN)C(C)C)CC[C@]4(C)[C@H]3CC[C@]12C. The summed E-state index contributed by atoms with van der Waals surface area (Å²) in [6.45, 7) is 10.4. The van der Waals surface area contributed by atoms with Crippen molar-refractivity contribution in [3.63, 3.8) is 0 Å². The Morgan fingerprint density at radius 3 is 2.29 bits per heavy atom. The molecular weight excluding hydrogens is 428 g/mol. The van der Waals surface area contributed by atoms with Gasteiger partial charge in [0.15, 0.2) is 0 Å². The van der Waals surface area contributed by atoms with E-state index in [1.807, 2.05) is 13.8 Å². The number of carbonyl (C=O) groups is 3. The molecule has 4 saturated carbocycles. The van der Waals surface area contributed by atoms with Gasteiger partial charge < -0.3 is 15.8 Å². The highest BCUT2D eigenvalue weighted by atomic mass is 16.5. The van der Waals surface area contributed by atoms with Crippen LogP contribution in [0, 0.1) is 46.3 Å². The van der Waals surface area contributed by atoms with Gasteiger partial charge in [0.1, 0.15) is 17.9 Å². The summed E-state index contributed by atoms with van der Waals surface area (Å²) < 4.78 is 5.98. The lowest BCUT2D eigenvalue weighted by molar-refractivity contribution is -0.166. The van der Waals surface area contributed by atoms with Gasteiger partial charge in [-0.05, 0) is 105 Å². The second-order valence-corrected chi connectivity index (χ2v) is 12.8. The zero-order chi connectivity index (χ0) is 24.8. The average molecular weight is 475 g/mol. The highest BCUT2D eigenvalue weighted by molar-refractivity contribution is 5.85. The third-order valence-corrected chi connectivity index (χ3v) is 10.8. The van der Waals surface area contributed by atoms with Gasteiger partial charge in [-0.25, -0.2) is 4.79 Å². The molecule has 1 amide bonds. The van der Waals surface area contributed by atoms with Gasteiger partial charge in [-0.1, -0.05) is 27.7 Å². The molecule has 3 N–H and O–H groups in total. The topological polar surface area (TPSA) is 98.5 Å². The zero-order valence-corrected chi connectivity index (χ0v) is 21.9. The van der Waals surface area contributed by atoms with E-state index < -0.39 is 6.04 Å². The molecule has 0 radical (unpaired) electrons. The second kappa shape index (κ2) is 9.55. The molecule has 1 unspecified atom stereocenters. The maximum absolute atomic E-state index is 12.9. The van der Waals surface area contributed by atoms with E-state index in [2.05, 4.69) is 19.2 Å². The quantitative estimate of drug-likeness (QED) is 0.561. The molecular formula is C28H46N2O4. The molecule has 0 aromatic heterocycles. The van der Waals surface area contributed by atoms with E-state index in [9.17, 15) is 14.4 Å². The number of fused-ring (bicyclic) bond motifs is 5. The molecule has 0 saturated heterocycles. The molecule has 0 bridgehead atoms. The second-order valence-electron chi connectivity index (χ2n) is 12.8. The van der Waals surface area contributed by atoms with Crippen LogP contribution in [0.4, 0.5) is 0 Å². The van der Waals surface area contributed by atoms with Gasteiger partial charge in [-0.15, -0.1) is 0 Å². The van der Waals surface area contributed by atoms with Crippen LogP contribution in [-0.4, -0.2) is 36.4 Å². The summed E-state index contributed by atoms with van der Waals surface area (Å²) in [6.07, 6.45) is 10.0. The van der Waals surface area contributed by atoms with Crippen LogP contribution >= 0.6 is 0 Å². The third kappa shape index (κ3) is 4.33. The van der Waals surface area contributed by atoms with E-state index in [0.717, 1.165) is 37.5 Å². The largest absolute Gasteiger partial charge is 0.461 e. The number of ketones is 1. The van der Waals surface area contributed by atoms with Crippen LogP contribution in [0.1, 0.15) is 92.4 Å². The fraction of sp³-hybridized carbons (Fsp3) is 0.893. The molecule has 192 valence electrons. The fourth-order valence-corrected chi connectivity index (χ4v) is 8.96. The summed E-state index contributed by atoms with van der Waals surface area (Å²) in [5.41, 5.74) is 5.92. The Morgan fingerprint density at radius 2 is 1.65 bits per heavy atom. The van der Waals surface area contributed by atoms with Gasteiger partial charge in [0.25, 0.3) is 0 Å².